The molecule has 1 aromatic heterocycles. The Balaban J connectivity index is 1.53. The van der Waals surface area contributed by atoms with Crippen LogP contribution < -0.4 is 5.32 Å². The van der Waals surface area contributed by atoms with Crippen molar-refractivity contribution in [1.82, 2.24) is 19.6 Å². The molecule has 0 aliphatic carbocycles. The lowest BCUT2D eigenvalue weighted by molar-refractivity contribution is -0.118. The lowest BCUT2D eigenvalue weighted by Gasteiger charge is -2.45. The lowest BCUT2D eigenvalue weighted by atomic mass is 9.87. The number of aliphatic hydroxyl groups excluding tert-OH is 1. The Morgan fingerprint density at radius 3 is 2.88 bits per heavy atom. The number of hydrogen-bond acceptors (Lipinski definition) is 6. The minimum Gasteiger partial charge on any atom is -0.396 e. The molecule has 0 aromatic carbocycles. The van der Waals surface area contributed by atoms with Gasteiger partial charge in [0.05, 0.1) is 19.8 Å². The van der Waals surface area contributed by atoms with E-state index in [4.69, 9.17) is 4.74 Å². The van der Waals surface area contributed by atoms with Crippen molar-refractivity contribution in [2.75, 3.05) is 57.9 Å². The average Bonchev–Trinajstić information content (AvgIpc) is 3.05. The van der Waals surface area contributed by atoms with Gasteiger partial charge in [-0.1, -0.05) is 0 Å². The summed E-state index contributed by atoms with van der Waals surface area (Å²) in [6, 6.07) is 2.33. The van der Waals surface area contributed by atoms with Crippen LogP contribution in [0.2, 0.25) is 0 Å². The second kappa shape index (κ2) is 9.45. The molecule has 2 unspecified atom stereocenters. The summed E-state index contributed by atoms with van der Waals surface area (Å²) < 4.78 is 7.16. The molecule has 0 saturated carbocycles. The fourth-order valence-electron chi connectivity index (χ4n) is 4.13. The van der Waals surface area contributed by atoms with Crippen LogP contribution in [0, 0.1) is 5.92 Å². The predicted molar refractivity (Wildman–Crippen MR) is 98.9 cm³/mol. The van der Waals surface area contributed by atoms with E-state index in [-0.39, 0.29) is 12.5 Å². The third-order valence-electron chi connectivity index (χ3n) is 5.37. The Morgan fingerprint density at radius 2 is 2.19 bits per heavy atom. The highest BCUT2D eigenvalue weighted by molar-refractivity contribution is 5.91. The molecule has 146 valence electrons. The van der Waals surface area contributed by atoms with Crippen LogP contribution in [-0.2, 0) is 16.6 Å². The van der Waals surface area contributed by atoms with Crippen LogP contribution in [0.1, 0.15) is 19.3 Å². The largest absolute Gasteiger partial charge is 0.396 e. The van der Waals surface area contributed by atoms with E-state index in [1.54, 1.807) is 10.7 Å². The number of carbonyl (C=O) groups is 1. The van der Waals surface area contributed by atoms with E-state index in [1.807, 2.05) is 13.2 Å². The number of anilines is 1. The van der Waals surface area contributed by atoms with Gasteiger partial charge in [-0.05, 0) is 25.2 Å². The Hall–Kier alpha value is -1.48. The number of nitrogens with zero attached hydrogens (tertiary/aromatic N) is 4. The number of rotatable bonds is 7. The van der Waals surface area contributed by atoms with Crippen molar-refractivity contribution >= 4 is 11.7 Å². The van der Waals surface area contributed by atoms with Gasteiger partial charge in [0.1, 0.15) is 0 Å². The maximum Gasteiger partial charge on any atom is 0.239 e. The Labute approximate surface area is 155 Å². The van der Waals surface area contributed by atoms with Gasteiger partial charge in [0.25, 0.3) is 0 Å². The first-order chi connectivity index (χ1) is 12.7. The second-order valence-corrected chi connectivity index (χ2v) is 7.29. The Bertz CT molecular complexity index is 573. The van der Waals surface area contributed by atoms with Gasteiger partial charge in [0, 0.05) is 58.1 Å². The maximum absolute atomic E-state index is 12.3. The highest BCUT2D eigenvalue weighted by atomic mass is 16.5. The van der Waals surface area contributed by atoms with Gasteiger partial charge in [-0.15, -0.1) is 0 Å². The summed E-state index contributed by atoms with van der Waals surface area (Å²) in [4.78, 5) is 17.1. The third-order valence-corrected chi connectivity index (χ3v) is 5.37. The number of likely N-dealkylation sites (tertiary alicyclic amines) is 1. The Morgan fingerprint density at radius 1 is 1.38 bits per heavy atom. The molecule has 0 radical (unpaired) electrons. The normalized spacial score (nSPS) is 25.3. The first-order valence-electron chi connectivity index (χ1n) is 9.60. The van der Waals surface area contributed by atoms with Crippen molar-refractivity contribution in [2.45, 2.75) is 25.3 Å². The second-order valence-electron chi connectivity index (χ2n) is 7.29. The molecule has 8 heteroatoms. The number of nitrogens with one attached hydrogen (secondary N) is 1. The molecule has 26 heavy (non-hydrogen) atoms. The van der Waals surface area contributed by atoms with Gasteiger partial charge in [0.2, 0.25) is 5.91 Å². The molecule has 2 fully saturated rings. The zero-order valence-corrected chi connectivity index (χ0v) is 15.6. The minimum absolute atomic E-state index is 0.0190. The zero-order chi connectivity index (χ0) is 18.4. The van der Waals surface area contributed by atoms with E-state index in [9.17, 15) is 9.90 Å². The van der Waals surface area contributed by atoms with E-state index >= 15 is 0 Å². The highest BCUT2D eigenvalue weighted by Crippen LogP contribution is 2.26. The van der Waals surface area contributed by atoms with Crippen LogP contribution in [0.4, 0.5) is 5.82 Å². The molecule has 0 spiro atoms. The number of aryl methyl sites for hydroxylation is 1. The molecule has 8 nitrogen and oxygen atoms in total. The number of aromatic nitrogens is 2. The molecular formula is C18H31N5O3. The molecule has 2 atom stereocenters. The van der Waals surface area contributed by atoms with Gasteiger partial charge in [0.15, 0.2) is 5.82 Å². The van der Waals surface area contributed by atoms with Gasteiger partial charge < -0.3 is 15.2 Å². The van der Waals surface area contributed by atoms with Crippen molar-refractivity contribution in [3.63, 3.8) is 0 Å². The van der Waals surface area contributed by atoms with Crippen molar-refractivity contribution < 1.29 is 14.6 Å². The van der Waals surface area contributed by atoms with Gasteiger partial charge in [-0.25, -0.2) is 0 Å². The quantitative estimate of drug-likeness (QED) is 0.716. The molecule has 2 saturated heterocycles. The van der Waals surface area contributed by atoms with Crippen molar-refractivity contribution in [2.24, 2.45) is 13.0 Å². The highest BCUT2D eigenvalue weighted by Gasteiger charge is 2.34. The molecule has 3 heterocycles. The first-order valence-corrected chi connectivity index (χ1v) is 9.60. The van der Waals surface area contributed by atoms with Crippen LogP contribution in [0.15, 0.2) is 12.3 Å². The molecule has 0 bridgehead atoms. The Kier molecular flexibility index (Phi) is 7.01. The predicted octanol–water partition coefficient (Wildman–Crippen LogP) is 0.154. The van der Waals surface area contributed by atoms with E-state index in [0.29, 0.717) is 24.3 Å². The first kappa shape index (κ1) is 19.3. The van der Waals surface area contributed by atoms with Crippen molar-refractivity contribution in [3.8, 4) is 0 Å². The molecule has 1 amide bonds. The van der Waals surface area contributed by atoms with Crippen LogP contribution in [0.25, 0.3) is 0 Å². The fourth-order valence-corrected chi connectivity index (χ4v) is 4.13. The molecule has 2 N–H and O–H groups in total. The number of aliphatic hydroxyl groups is 1. The molecule has 2 aliphatic rings. The maximum atomic E-state index is 12.3. The van der Waals surface area contributed by atoms with E-state index in [0.717, 1.165) is 58.7 Å². The number of ether oxygens (including phenoxy) is 1. The number of piperidine rings is 1. The molecule has 2 aliphatic heterocycles. The van der Waals surface area contributed by atoms with Crippen LogP contribution in [-0.4, -0.2) is 89.2 Å². The third kappa shape index (κ3) is 5.26. The SMILES string of the molecule is Cn1ccc(NC(=O)CN2CCC(N3CCOCC3)C(CCCO)C2)n1. The summed E-state index contributed by atoms with van der Waals surface area (Å²) >= 11 is 0. The number of morpholine rings is 1. The van der Waals surface area contributed by atoms with Crippen LogP contribution in [0.3, 0.4) is 0 Å². The smallest absolute Gasteiger partial charge is 0.239 e. The molecular weight excluding hydrogens is 334 g/mol. The van der Waals surface area contributed by atoms with Gasteiger partial charge in [-0.2, -0.15) is 5.10 Å². The fraction of sp³-hybridized carbons (Fsp3) is 0.778. The summed E-state index contributed by atoms with van der Waals surface area (Å²) in [5.74, 6) is 1.06. The van der Waals surface area contributed by atoms with Gasteiger partial charge >= 0.3 is 0 Å². The average molecular weight is 365 g/mol. The number of carbonyl (C=O) groups excluding carboxylic acids is 1. The summed E-state index contributed by atoms with van der Waals surface area (Å²) in [5.41, 5.74) is 0. The van der Waals surface area contributed by atoms with Crippen LogP contribution >= 0.6 is 0 Å². The summed E-state index contributed by atoms with van der Waals surface area (Å²) in [5, 5.41) is 16.3. The molecule has 3 rings (SSSR count). The van der Waals surface area contributed by atoms with E-state index in [1.165, 1.54) is 0 Å². The molecule has 1 aromatic rings. The topological polar surface area (TPSA) is 82.9 Å². The van der Waals surface area contributed by atoms with E-state index < -0.39 is 0 Å². The summed E-state index contributed by atoms with van der Waals surface area (Å²) in [6.07, 6.45) is 4.69. The van der Waals surface area contributed by atoms with Crippen molar-refractivity contribution in [3.05, 3.63) is 12.3 Å². The zero-order valence-electron chi connectivity index (χ0n) is 15.6. The monoisotopic (exact) mass is 365 g/mol. The summed E-state index contributed by atoms with van der Waals surface area (Å²) in [7, 11) is 1.83. The van der Waals surface area contributed by atoms with Gasteiger partial charge in [-0.3, -0.25) is 19.3 Å². The number of hydrogen-bond donors (Lipinski definition) is 2. The van der Waals surface area contributed by atoms with Crippen LogP contribution in [0.5, 0.6) is 0 Å². The van der Waals surface area contributed by atoms with Crippen molar-refractivity contribution in [1.29, 1.82) is 0 Å². The minimum atomic E-state index is -0.0190. The summed E-state index contributed by atoms with van der Waals surface area (Å²) in [6.45, 7) is 6.03. The number of amides is 1. The van der Waals surface area contributed by atoms with E-state index in [2.05, 4.69) is 20.2 Å². The lowest BCUT2D eigenvalue weighted by Crippen LogP contribution is -2.54. The standard InChI is InChI=1S/C18H31N5O3/c1-21-6-5-17(20-21)19-18(25)14-22-7-4-16(15(13-22)3-2-10-24)23-8-11-26-12-9-23/h5-6,15-16,24H,2-4,7-14H2,1H3,(H,19,20,25).